The smallest absolute Gasteiger partial charge is 0.135 e. The van der Waals surface area contributed by atoms with Gasteiger partial charge in [0.15, 0.2) is 0 Å². The fraction of sp³-hybridized carbons (Fsp3) is 0.538. The van der Waals surface area contributed by atoms with Crippen LogP contribution in [0.25, 0.3) is 0 Å². The molecular formula is C13H20N2O. The zero-order valence-corrected chi connectivity index (χ0v) is 10.4. The standard InChI is InChI=1S/C13H20N2O/c1-13(2)9-14-12(16-13)10-5-7-11(8-6-10)15(3)4/h5-8,12,14H,9H2,1-4H3. The lowest BCUT2D eigenvalue weighted by atomic mass is 10.1. The Hall–Kier alpha value is -1.06. The van der Waals surface area contributed by atoms with Gasteiger partial charge in [0.05, 0.1) is 5.60 Å². The third kappa shape index (κ3) is 2.36. The highest BCUT2D eigenvalue weighted by Gasteiger charge is 2.31. The highest BCUT2D eigenvalue weighted by molar-refractivity contribution is 5.46. The third-order valence-corrected chi connectivity index (χ3v) is 2.86. The Kier molecular flexibility index (Phi) is 2.91. The van der Waals surface area contributed by atoms with Crippen LogP contribution in [-0.2, 0) is 4.74 Å². The van der Waals surface area contributed by atoms with E-state index in [0.29, 0.717) is 0 Å². The van der Waals surface area contributed by atoms with Crippen molar-refractivity contribution in [3.8, 4) is 0 Å². The number of hydrogen-bond acceptors (Lipinski definition) is 3. The molecule has 1 heterocycles. The Labute approximate surface area is 97.4 Å². The summed E-state index contributed by atoms with van der Waals surface area (Å²) in [5, 5.41) is 3.38. The number of ether oxygens (including phenoxy) is 1. The number of benzene rings is 1. The first-order valence-corrected chi connectivity index (χ1v) is 5.66. The van der Waals surface area contributed by atoms with Crippen LogP contribution in [0.4, 0.5) is 5.69 Å². The van der Waals surface area contributed by atoms with E-state index in [0.717, 1.165) is 6.54 Å². The number of nitrogens with one attached hydrogen (secondary N) is 1. The monoisotopic (exact) mass is 220 g/mol. The molecule has 3 nitrogen and oxygen atoms in total. The minimum atomic E-state index is -0.0646. The van der Waals surface area contributed by atoms with Crippen molar-refractivity contribution in [1.82, 2.24) is 5.32 Å². The van der Waals surface area contributed by atoms with Gasteiger partial charge in [0.25, 0.3) is 0 Å². The average Bonchev–Trinajstić information content (AvgIpc) is 2.59. The average molecular weight is 220 g/mol. The second-order valence-electron chi connectivity index (χ2n) is 5.12. The van der Waals surface area contributed by atoms with Crippen LogP contribution in [0, 0.1) is 0 Å². The topological polar surface area (TPSA) is 24.5 Å². The van der Waals surface area contributed by atoms with E-state index >= 15 is 0 Å². The summed E-state index contributed by atoms with van der Waals surface area (Å²) in [7, 11) is 4.09. The highest BCUT2D eigenvalue weighted by Crippen LogP contribution is 2.28. The van der Waals surface area contributed by atoms with Crippen LogP contribution in [0.3, 0.4) is 0 Å². The van der Waals surface area contributed by atoms with Crippen LogP contribution in [0.5, 0.6) is 0 Å². The van der Waals surface area contributed by atoms with Crippen LogP contribution >= 0.6 is 0 Å². The van der Waals surface area contributed by atoms with Crippen LogP contribution < -0.4 is 10.2 Å². The largest absolute Gasteiger partial charge is 0.378 e. The molecule has 1 aromatic rings. The fourth-order valence-corrected chi connectivity index (χ4v) is 1.87. The van der Waals surface area contributed by atoms with Crippen molar-refractivity contribution >= 4 is 5.69 Å². The van der Waals surface area contributed by atoms with Crippen molar-refractivity contribution in [2.24, 2.45) is 0 Å². The molecule has 1 aromatic carbocycles. The van der Waals surface area contributed by atoms with Gasteiger partial charge in [0.2, 0.25) is 0 Å². The molecule has 1 atom stereocenters. The minimum absolute atomic E-state index is 0.0335. The van der Waals surface area contributed by atoms with Gasteiger partial charge in [-0.2, -0.15) is 0 Å². The number of rotatable bonds is 2. The third-order valence-electron chi connectivity index (χ3n) is 2.86. The van der Waals surface area contributed by atoms with Gasteiger partial charge in [-0.1, -0.05) is 12.1 Å². The summed E-state index contributed by atoms with van der Waals surface area (Å²) in [4.78, 5) is 2.09. The van der Waals surface area contributed by atoms with Crippen molar-refractivity contribution < 1.29 is 4.74 Å². The molecule has 0 aliphatic carbocycles. The number of hydrogen-bond donors (Lipinski definition) is 1. The summed E-state index contributed by atoms with van der Waals surface area (Å²) < 4.78 is 5.91. The molecule has 1 aliphatic heterocycles. The van der Waals surface area contributed by atoms with E-state index in [1.165, 1.54) is 11.3 Å². The molecule has 1 unspecified atom stereocenters. The molecule has 16 heavy (non-hydrogen) atoms. The fourth-order valence-electron chi connectivity index (χ4n) is 1.87. The van der Waals surface area contributed by atoms with Crippen molar-refractivity contribution in [1.29, 1.82) is 0 Å². The molecule has 0 amide bonds. The van der Waals surface area contributed by atoms with Gasteiger partial charge in [-0.25, -0.2) is 0 Å². The second-order valence-corrected chi connectivity index (χ2v) is 5.12. The maximum absolute atomic E-state index is 5.91. The summed E-state index contributed by atoms with van der Waals surface area (Å²) in [5.74, 6) is 0. The second kappa shape index (κ2) is 4.07. The van der Waals surface area contributed by atoms with Gasteiger partial charge in [-0.15, -0.1) is 0 Å². The molecule has 1 saturated heterocycles. The van der Waals surface area contributed by atoms with E-state index in [1.807, 2.05) is 14.1 Å². The zero-order chi connectivity index (χ0) is 11.8. The molecule has 1 aliphatic rings. The Morgan fingerprint density at radius 3 is 2.31 bits per heavy atom. The Bertz CT molecular complexity index is 357. The first-order chi connectivity index (χ1) is 7.48. The lowest BCUT2D eigenvalue weighted by Crippen LogP contribution is -2.23. The molecule has 0 radical (unpaired) electrons. The predicted molar refractivity (Wildman–Crippen MR) is 66.7 cm³/mol. The normalized spacial score (nSPS) is 23.4. The van der Waals surface area contributed by atoms with E-state index < -0.39 is 0 Å². The van der Waals surface area contributed by atoms with Gasteiger partial charge in [-0.3, -0.25) is 5.32 Å². The first-order valence-electron chi connectivity index (χ1n) is 5.66. The molecule has 0 aromatic heterocycles. The predicted octanol–water partition coefficient (Wildman–Crippen LogP) is 2.15. The quantitative estimate of drug-likeness (QED) is 0.826. The Morgan fingerprint density at radius 2 is 1.88 bits per heavy atom. The summed E-state index contributed by atoms with van der Waals surface area (Å²) >= 11 is 0. The molecule has 0 saturated carbocycles. The van der Waals surface area contributed by atoms with E-state index in [1.54, 1.807) is 0 Å². The van der Waals surface area contributed by atoms with E-state index in [2.05, 4.69) is 48.3 Å². The highest BCUT2D eigenvalue weighted by atomic mass is 16.5. The molecule has 2 rings (SSSR count). The summed E-state index contributed by atoms with van der Waals surface area (Å²) in [5.41, 5.74) is 2.34. The molecule has 1 fully saturated rings. The van der Waals surface area contributed by atoms with Gasteiger partial charge in [0.1, 0.15) is 6.23 Å². The van der Waals surface area contributed by atoms with Crippen molar-refractivity contribution in [3.63, 3.8) is 0 Å². The van der Waals surface area contributed by atoms with Crippen LogP contribution in [0.2, 0.25) is 0 Å². The molecule has 0 spiro atoms. The molecule has 0 bridgehead atoms. The van der Waals surface area contributed by atoms with Crippen LogP contribution in [-0.4, -0.2) is 26.2 Å². The van der Waals surface area contributed by atoms with E-state index in [4.69, 9.17) is 4.74 Å². The van der Waals surface area contributed by atoms with Crippen molar-refractivity contribution in [2.45, 2.75) is 25.7 Å². The minimum Gasteiger partial charge on any atom is -0.378 e. The summed E-state index contributed by atoms with van der Waals surface area (Å²) in [6.45, 7) is 5.11. The lowest BCUT2D eigenvalue weighted by molar-refractivity contribution is -0.0155. The van der Waals surface area contributed by atoms with Crippen LogP contribution in [0.1, 0.15) is 25.6 Å². The maximum Gasteiger partial charge on any atom is 0.135 e. The van der Waals surface area contributed by atoms with Crippen molar-refractivity contribution in [3.05, 3.63) is 29.8 Å². The molecular weight excluding hydrogens is 200 g/mol. The maximum atomic E-state index is 5.91. The zero-order valence-electron chi connectivity index (χ0n) is 10.4. The van der Waals surface area contributed by atoms with E-state index in [9.17, 15) is 0 Å². The first kappa shape index (κ1) is 11.4. The summed E-state index contributed by atoms with van der Waals surface area (Å²) in [6.07, 6.45) is 0.0335. The van der Waals surface area contributed by atoms with Crippen molar-refractivity contribution in [2.75, 3.05) is 25.5 Å². The molecule has 88 valence electrons. The van der Waals surface area contributed by atoms with Gasteiger partial charge in [-0.05, 0) is 31.5 Å². The SMILES string of the molecule is CN(C)c1ccc(C2NCC(C)(C)O2)cc1. The van der Waals surface area contributed by atoms with Gasteiger partial charge >= 0.3 is 0 Å². The molecule has 3 heteroatoms. The Morgan fingerprint density at radius 1 is 1.25 bits per heavy atom. The van der Waals surface area contributed by atoms with Gasteiger partial charge < -0.3 is 9.64 Å². The number of anilines is 1. The number of nitrogens with zero attached hydrogens (tertiary/aromatic N) is 1. The van der Waals surface area contributed by atoms with Gasteiger partial charge in [0, 0.05) is 26.3 Å². The molecule has 1 N–H and O–H groups in total. The lowest BCUT2D eigenvalue weighted by Gasteiger charge is -2.18. The van der Waals surface area contributed by atoms with E-state index in [-0.39, 0.29) is 11.8 Å². The summed E-state index contributed by atoms with van der Waals surface area (Å²) in [6, 6.07) is 8.47. The van der Waals surface area contributed by atoms with Crippen LogP contribution in [0.15, 0.2) is 24.3 Å². The Balaban J connectivity index is 2.11.